The zero-order valence-corrected chi connectivity index (χ0v) is 19.4. The van der Waals surface area contributed by atoms with E-state index in [0.29, 0.717) is 33.4 Å². The van der Waals surface area contributed by atoms with E-state index in [2.05, 4.69) is 15.2 Å². The van der Waals surface area contributed by atoms with E-state index >= 15 is 0 Å². The van der Waals surface area contributed by atoms with E-state index in [1.54, 1.807) is 44.2 Å². The van der Waals surface area contributed by atoms with Crippen LogP contribution in [0.2, 0.25) is 5.02 Å². The fourth-order valence-electron chi connectivity index (χ4n) is 3.36. The predicted octanol–water partition coefficient (Wildman–Crippen LogP) is 5.66. The van der Waals surface area contributed by atoms with Crippen LogP contribution in [0.25, 0.3) is 11.3 Å². The number of carbonyl (C=O) groups excluding carboxylic acids is 1. The van der Waals surface area contributed by atoms with Crippen molar-refractivity contribution in [3.05, 3.63) is 94.7 Å². The monoisotopic (exact) mass is 481 g/mol. The Morgan fingerprint density at radius 3 is 2.42 bits per heavy atom. The molecule has 0 aliphatic rings. The fourth-order valence-corrected chi connectivity index (χ4v) is 4.87. The van der Waals surface area contributed by atoms with E-state index in [1.165, 1.54) is 12.1 Å². The average Bonchev–Trinajstić information content (AvgIpc) is 3.17. The van der Waals surface area contributed by atoms with E-state index < -0.39 is 15.9 Å². The summed E-state index contributed by atoms with van der Waals surface area (Å²) < 4.78 is 33.8. The summed E-state index contributed by atoms with van der Waals surface area (Å²) in [6.45, 7) is 3.32. The highest BCUT2D eigenvalue weighted by Gasteiger charge is 2.23. The molecule has 0 saturated heterocycles. The number of rotatable bonds is 6. The molecule has 3 aromatic carbocycles. The van der Waals surface area contributed by atoms with Crippen LogP contribution in [0.15, 0.2) is 82.2 Å². The molecule has 1 amide bonds. The fraction of sp³-hybridized carbons (Fsp3) is 0.0833. The van der Waals surface area contributed by atoms with Gasteiger partial charge in [0, 0.05) is 16.3 Å². The van der Waals surface area contributed by atoms with Crippen LogP contribution in [-0.4, -0.2) is 19.5 Å². The molecule has 1 aromatic heterocycles. The van der Waals surface area contributed by atoms with E-state index in [0.717, 1.165) is 5.56 Å². The van der Waals surface area contributed by atoms with Gasteiger partial charge in [-0.3, -0.25) is 9.52 Å². The number of sulfonamides is 1. The molecule has 33 heavy (non-hydrogen) atoms. The molecule has 9 heteroatoms. The standard InChI is InChI=1S/C24H20ClN3O4S/c1-15-11-12-19(14-21(15)33(30,31)28-20-10-6-9-18(25)13-20)26-24(29)22-16(2)32-27-23(22)17-7-4-3-5-8-17/h3-14,28H,1-2H3,(H,26,29). The lowest BCUT2D eigenvalue weighted by molar-refractivity contribution is 0.102. The van der Waals surface area contributed by atoms with E-state index in [1.807, 2.05) is 30.3 Å². The zero-order chi connectivity index (χ0) is 23.6. The second-order valence-corrected chi connectivity index (χ2v) is 9.47. The Morgan fingerprint density at radius 2 is 1.70 bits per heavy atom. The second kappa shape index (κ2) is 9.09. The number of nitrogens with zero attached hydrogens (tertiary/aromatic N) is 1. The Bertz CT molecular complexity index is 1430. The van der Waals surface area contributed by atoms with Crippen LogP contribution in [0.1, 0.15) is 21.7 Å². The summed E-state index contributed by atoms with van der Waals surface area (Å²) in [7, 11) is -3.92. The van der Waals surface area contributed by atoms with Gasteiger partial charge in [0.25, 0.3) is 15.9 Å². The molecule has 0 aliphatic carbocycles. The van der Waals surface area contributed by atoms with Gasteiger partial charge in [0.1, 0.15) is 17.0 Å². The molecule has 0 aliphatic heterocycles. The summed E-state index contributed by atoms with van der Waals surface area (Å²) in [6, 6.07) is 20.3. The van der Waals surface area contributed by atoms with Crippen LogP contribution in [0.4, 0.5) is 11.4 Å². The molecule has 0 radical (unpaired) electrons. The highest BCUT2D eigenvalue weighted by atomic mass is 35.5. The number of aromatic nitrogens is 1. The third kappa shape index (κ3) is 4.92. The van der Waals surface area contributed by atoms with Crippen molar-refractivity contribution >= 4 is 38.9 Å². The van der Waals surface area contributed by atoms with Gasteiger partial charge < -0.3 is 9.84 Å². The van der Waals surface area contributed by atoms with Crippen molar-refractivity contribution in [2.45, 2.75) is 18.7 Å². The maximum absolute atomic E-state index is 13.1. The van der Waals surface area contributed by atoms with Crippen molar-refractivity contribution in [2.24, 2.45) is 0 Å². The van der Waals surface area contributed by atoms with E-state index in [9.17, 15) is 13.2 Å². The first kappa shape index (κ1) is 22.6. The topological polar surface area (TPSA) is 101 Å². The number of hydrogen-bond acceptors (Lipinski definition) is 5. The van der Waals surface area contributed by atoms with Gasteiger partial charge in [-0.25, -0.2) is 8.42 Å². The quantitative estimate of drug-likeness (QED) is 0.369. The first-order valence-corrected chi connectivity index (χ1v) is 11.8. The van der Waals surface area contributed by atoms with Crippen LogP contribution in [0, 0.1) is 13.8 Å². The van der Waals surface area contributed by atoms with Crippen molar-refractivity contribution in [1.29, 1.82) is 0 Å². The minimum Gasteiger partial charge on any atom is -0.360 e. The molecular formula is C24H20ClN3O4S. The Hall–Kier alpha value is -3.62. The van der Waals surface area contributed by atoms with Gasteiger partial charge in [-0.05, 0) is 49.7 Å². The van der Waals surface area contributed by atoms with E-state index in [-0.39, 0.29) is 10.5 Å². The van der Waals surface area contributed by atoms with Gasteiger partial charge in [0.05, 0.1) is 10.6 Å². The summed E-state index contributed by atoms with van der Waals surface area (Å²) >= 11 is 5.96. The van der Waals surface area contributed by atoms with Crippen molar-refractivity contribution in [1.82, 2.24) is 5.16 Å². The minimum absolute atomic E-state index is 0.0330. The SMILES string of the molecule is Cc1ccc(NC(=O)c2c(-c3ccccc3)noc2C)cc1S(=O)(=O)Nc1cccc(Cl)c1. The minimum atomic E-state index is -3.92. The summed E-state index contributed by atoms with van der Waals surface area (Å²) in [5.74, 6) is -0.100. The third-order valence-corrected chi connectivity index (χ3v) is 6.71. The molecule has 0 atom stereocenters. The molecule has 1 heterocycles. The number of benzene rings is 3. The molecule has 0 saturated carbocycles. The number of nitrogens with one attached hydrogen (secondary N) is 2. The van der Waals surface area contributed by atoms with Crippen molar-refractivity contribution in [3.8, 4) is 11.3 Å². The lowest BCUT2D eigenvalue weighted by Gasteiger charge is -2.13. The molecule has 4 rings (SSSR count). The summed E-state index contributed by atoms with van der Waals surface area (Å²) in [4.78, 5) is 13.1. The Labute approximate surface area is 196 Å². The van der Waals surface area contributed by atoms with Gasteiger partial charge in [0.2, 0.25) is 0 Å². The van der Waals surface area contributed by atoms with E-state index in [4.69, 9.17) is 16.1 Å². The lowest BCUT2D eigenvalue weighted by atomic mass is 10.1. The Kier molecular flexibility index (Phi) is 6.22. The molecule has 0 unspecified atom stereocenters. The summed E-state index contributed by atoms with van der Waals surface area (Å²) in [5.41, 5.74) is 2.60. The third-order valence-electron chi connectivity index (χ3n) is 4.95. The number of carbonyl (C=O) groups is 1. The van der Waals surface area contributed by atoms with Crippen LogP contribution in [-0.2, 0) is 10.0 Å². The van der Waals surface area contributed by atoms with Crippen molar-refractivity contribution < 1.29 is 17.7 Å². The number of halogens is 1. The molecule has 7 nitrogen and oxygen atoms in total. The highest BCUT2D eigenvalue weighted by Crippen LogP contribution is 2.28. The molecular weight excluding hydrogens is 462 g/mol. The maximum atomic E-state index is 13.1. The number of aryl methyl sites for hydroxylation is 2. The van der Waals surface area contributed by atoms with Crippen LogP contribution in [0.5, 0.6) is 0 Å². The average molecular weight is 482 g/mol. The normalized spacial score (nSPS) is 11.2. The van der Waals surface area contributed by atoms with Gasteiger partial charge in [-0.15, -0.1) is 0 Å². The van der Waals surface area contributed by atoms with Gasteiger partial charge in [0.15, 0.2) is 0 Å². The molecule has 0 bridgehead atoms. The van der Waals surface area contributed by atoms with Crippen LogP contribution in [0.3, 0.4) is 0 Å². The maximum Gasteiger partial charge on any atom is 0.262 e. The predicted molar refractivity (Wildman–Crippen MR) is 128 cm³/mol. The van der Waals surface area contributed by atoms with Gasteiger partial charge in [-0.2, -0.15) is 0 Å². The molecule has 0 fully saturated rings. The molecule has 0 spiro atoms. The van der Waals surface area contributed by atoms with Crippen molar-refractivity contribution in [3.63, 3.8) is 0 Å². The first-order chi connectivity index (χ1) is 15.7. The number of hydrogen-bond donors (Lipinski definition) is 2. The Morgan fingerprint density at radius 1 is 0.939 bits per heavy atom. The smallest absolute Gasteiger partial charge is 0.262 e. The molecule has 4 aromatic rings. The Balaban J connectivity index is 1.63. The zero-order valence-electron chi connectivity index (χ0n) is 17.8. The second-order valence-electron chi connectivity index (χ2n) is 7.38. The highest BCUT2D eigenvalue weighted by molar-refractivity contribution is 7.92. The van der Waals surface area contributed by atoms with Crippen molar-refractivity contribution in [2.75, 3.05) is 10.0 Å². The lowest BCUT2D eigenvalue weighted by Crippen LogP contribution is -2.17. The molecule has 168 valence electrons. The largest absolute Gasteiger partial charge is 0.360 e. The number of anilines is 2. The number of amides is 1. The molecule has 2 N–H and O–H groups in total. The van der Waals surface area contributed by atoms with Crippen LogP contribution < -0.4 is 10.0 Å². The summed E-state index contributed by atoms with van der Waals surface area (Å²) in [5, 5.41) is 7.19. The van der Waals surface area contributed by atoms with Crippen LogP contribution >= 0.6 is 11.6 Å². The summed E-state index contributed by atoms with van der Waals surface area (Å²) in [6.07, 6.45) is 0. The van der Waals surface area contributed by atoms with Gasteiger partial charge in [-0.1, -0.05) is 59.2 Å². The first-order valence-electron chi connectivity index (χ1n) is 9.97. The van der Waals surface area contributed by atoms with Gasteiger partial charge >= 0.3 is 0 Å².